The van der Waals surface area contributed by atoms with Crippen LogP contribution in [0.15, 0.2) is 63.9 Å². The zero-order chi connectivity index (χ0) is 21.1. The van der Waals surface area contributed by atoms with Gasteiger partial charge in [-0.05, 0) is 49.7 Å². The van der Waals surface area contributed by atoms with E-state index >= 15 is 0 Å². The summed E-state index contributed by atoms with van der Waals surface area (Å²) in [6.45, 7) is 4.61. The number of amides is 1. The highest BCUT2D eigenvalue weighted by atomic mass is 16.5. The Morgan fingerprint density at radius 3 is 2.83 bits per heavy atom. The number of aromatic nitrogens is 1. The number of rotatable bonds is 6. The van der Waals surface area contributed by atoms with E-state index in [1.165, 1.54) is 6.07 Å². The van der Waals surface area contributed by atoms with E-state index in [1.807, 2.05) is 19.1 Å². The molecular formula is C24H22N2O4. The number of carbonyl (C=O) groups is 1. The van der Waals surface area contributed by atoms with Crippen LogP contribution in [-0.4, -0.2) is 17.5 Å². The molecular weight excluding hydrogens is 380 g/mol. The number of hydrogen-bond donors (Lipinski definition) is 1. The molecule has 0 radical (unpaired) electrons. The van der Waals surface area contributed by atoms with Crippen LogP contribution in [0.4, 0.5) is 5.69 Å². The minimum absolute atomic E-state index is 0.0448. The zero-order valence-electron chi connectivity index (χ0n) is 16.9. The molecule has 0 bridgehead atoms. The van der Waals surface area contributed by atoms with Gasteiger partial charge < -0.3 is 14.5 Å². The molecule has 152 valence electrons. The molecule has 0 atom stereocenters. The summed E-state index contributed by atoms with van der Waals surface area (Å²) in [5, 5.41) is 4.03. The quantitative estimate of drug-likeness (QED) is 0.455. The van der Waals surface area contributed by atoms with E-state index in [-0.39, 0.29) is 11.2 Å². The molecule has 0 saturated heterocycles. The lowest BCUT2D eigenvalue weighted by Crippen LogP contribution is -2.15. The third-order valence-corrected chi connectivity index (χ3v) is 4.84. The molecule has 0 aliphatic carbocycles. The van der Waals surface area contributed by atoms with Gasteiger partial charge in [0.15, 0.2) is 11.2 Å². The fraction of sp³-hybridized carbons (Fsp3) is 0.208. The molecule has 0 fully saturated rings. The van der Waals surface area contributed by atoms with Gasteiger partial charge in [-0.15, -0.1) is 0 Å². The first-order valence-corrected chi connectivity index (χ1v) is 9.93. The van der Waals surface area contributed by atoms with Gasteiger partial charge in [-0.25, -0.2) is 0 Å². The standard InChI is InChI=1S/C24H22N2O4/c1-3-4-12-29-21-10-8-18(16-6-5-11-25-23(16)21)26-24(28)22-14-19(27)17-13-15(2)7-9-20(17)30-22/h5-11,13-14H,3-4,12H2,1-2H3,(H,26,28). The van der Waals surface area contributed by atoms with Gasteiger partial charge in [-0.3, -0.25) is 14.6 Å². The summed E-state index contributed by atoms with van der Waals surface area (Å²) in [4.78, 5) is 29.7. The van der Waals surface area contributed by atoms with Crippen molar-refractivity contribution in [2.24, 2.45) is 0 Å². The predicted octanol–water partition coefficient (Wildman–Crippen LogP) is 5.08. The molecule has 30 heavy (non-hydrogen) atoms. The monoisotopic (exact) mass is 402 g/mol. The van der Waals surface area contributed by atoms with Gasteiger partial charge in [-0.2, -0.15) is 0 Å². The van der Waals surface area contributed by atoms with Gasteiger partial charge in [0.1, 0.15) is 16.8 Å². The van der Waals surface area contributed by atoms with E-state index < -0.39 is 5.91 Å². The second kappa shape index (κ2) is 8.37. The molecule has 6 nitrogen and oxygen atoms in total. The van der Waals surface area contributed by atoms with Gasteiger partial charge in [0.2, 0.25) is 0 Å². The van der Waals surface area contributed by atoms with Gasteiger partial charge in [0.05, 0.1) is 17.7 Å². The van der Waals surface area contributed by atoms with Crippen molar-refractivity contribution in [1.82, 2.24) is 4.98 Å². The first kappa shape index (κ1) is 19.6. The zero-order valence-corrected chi connectivity index (χ0v) is 16.9. The van der Waals surface area contributed by atoms with Crippen LogP contribution in [0.1, 0.15) is 35.9 Å². The molecule has 0 saturated carbocycles. The number of hydrogen-bond acceptors (Lipinski definition) is 5. The first-order chi connectivity index (χ1) is 14.6. The maximum absolute atomic E-state index is 12.8. The summed E-state index contributed by atoms with van der Waals surface area (Å²) in [6.07, 6.45) is 3.67. The van der Waals surface area contributed by atoms with Crippen molar-refractivity contribution in [2.45, 2.75) is 26.7 Å². The van der Waals surface area contributed by atoms with Gasteiger partial charge in [0.25, 0.3) is 5.91 Å². The summed E-state index contributed by atoms with van der Waals surface area (Å²) in [6, 6.07) is 13.7. The molecule has 2 aromatic heterocycles. The summed E-state index contributed by atoms with van der Waals surface area (Å²) in [7, 11) is 0. The van der Waals surface area contributed by atoms with Gasteiger partial charge >= 0.3 is 0 Å². The molecule has 2 heterocycles. The van der Waals surface area contributed by atoms with E-state index in [4.69, 9.17) is 9.15 Å². The number of pyridine rings is 1. The third kappa shape index (κ3) is 3.89. The normalized spacial score (nSPS) is 11.0. The Morgan fingerprint density at radius 2 is 2.00 bits per heavy atom. The Hall–Kier alpha value is -3.67. The maximum Gasteiger partial charge on any atom is 0.291 e. The number of unbranched alkanes of at least 4 members (excludes halogenated alkanes) is 1. The Labute approximate surface area is 173 Å². The number of nitrogens with zero attached hydrogens (tertiary/aromatic N) is 1. The molecule has 4 aromatic rings. The van der Waals surface area contributed by atoms with Crippen LogP contribution in [0, 0.1) is 6.92 Å². The molecule has 0 unspecified atom stereocenters. The lowest BCUT2D eigenvalue weighted by Gasteiger charge is -2.12. The maximum atomic E-state index is 12.8. The smallest absolute Gasteiger partial charge is 0.291 e. The highest BCUT2D eigenvalue weighted by molar-refractivity contribution is 6.08. The number of ether oxygens (including phenoxy) is 1. The van der Waals surface area contributed by atoms with Crippen LogP contribution >= 0.6 is 0 Å². The number of carbonyl (C=O) groups excluding carboxylic acids is 1. The van der Waals surface area contributed by atoms with Crippen molar-refractivity contribution in [2.75, 3.05) is 11.9 Å². The van der Waals surface area contributed by atoms with Crippen molar-refractivity contribution >= 4 is 33.5 Å². The molecule has 2 aromatic carbocycles. The fourth-order valence-electron chi connectivity index (χ4n) is 3.26. The second-order valence-electron chi connectivity index (χ2n) is 7.14. The van der Waals surface area contributed by atoms with E-state index in [1.54, 1.807) is 36.5 Å². The second-order valence-corrected chi connectivity index (χ2v) is 7.14. The van der Waals surface area contributed by atoms with Crippen molar-refractivity contribution in [1.29, 1.82) is 0 Å². The average Bonchev–Trinajstić information content (AvgIpc) is 2.75. The average molecular weight is 402 g/mol. The van der Waals surface area contributed by atoms with Crippen LogP contribution in [-0.2, 0) is 0 Å². The first-order valence-electron chi connectivity index (χ1n) is 9.93. The highest BCUT2D eigenvalue weighted by Crippen LogP contribution is 2.30. The topological polar surface area (TPSA) is 81.4 Å². The molecule has 4 rings (SSSR count). The van der Waals surface area contributed by atoms with Crippen molar-refractivity contribution in [3.05, 3.63) is 76.3 Å². The van der Waals surface area contributed by atoms with Crippen LogP contribution in [0.25, 0.3) is 21.9 Å². The van der Waals surface area contributed by atoms with Crippen LogP contribution < -0.4 is 15.5 Å². The SMILES string of the molecule is CCCCOc1ccc(NC(=O)c2cc(=O)c3cc(C)ccc3o2)c2cccnc12. The lowest BCUT2D eigenvalue weighted by atomic mass is 10.1. The van der Waals surface area contributed by atoms with Crippen molar-refractivity contribution < 1.29 is 13.9 Å². The van der Waals surface area contributed by atoms with Gasteiger partial charge in [0, 0.05) is 17.6 Å². The minimum atomic E-state index is -0.501. The summed E-state index contributed by atoms with van der Waals surface area (Å²) in [5.41, 5.74) is 2.31. The minimum Gasteiger partial charge on any atom is -0.491 e. The molecule has 0 aliphatic rings. The Bertz CT molecular complexity index is 1290. The van der Waals surface area contributed by atoms with Crippen molar-refractivity contribution in [3.8, 4) is 5.75 Å². The summed E-state index contributed by atoms with van der Waals surface area (Å²) in [5.74, 6) is 0.126. The van der Waals surface area contributed by atoms with E-state index in [0.29, 0.717) is 34.5 Å². The van der Waals surface area contributed by atoms with Gasteiger partial charge in [-0.1, -0.05) is 25.0 Å². The highest BCUT2D eigenvalue weighted by Gasteiger charge is 2.15. The largest absolute Gasteiger partial charge is 0.491 e. The summed E-state index contributed by atoms with van der Waals surface area (Å²) < 4.78 is 11.5. The van der Waals surface area contributed by atoms with Crippen LogP contribution in [0.5, 0.6) is 5.75 Å². The van der Waals surface area contributed by atoms with E-state index in [0.717, 1.165) is 23.8 Å². The molecule has 0 spiro atoms. The summed E-state index contributed by atoms with van der Waals surface area (Å²) >= 11 is 0. The number of benzene rings is 2. The molecule has 0 aliphatic heterocycles. The van der Waals surface area contributed by atoms with Crippen LogP contribution in [0.2, 0.25) is 0 Å². The third-order valence-electron chi connectivity index (χ3n) is 4.84. The fourth-order valence-corrected chi connectivity index (χ4v) is 3.26. The predicted molar refractivity (Wildman–Crippen MR) is 117 cm³/mol. The lowest BCUT2D eigenvalue weighted by molar-refractivity contribution is 0.0997. The number of aryl methyl sites for hydroxylation is 1. The van der Waals surface area contributed by atoms with Crippen LogP contribution in [0.3, 0.4) is 0 Å². The Morgan fingerprint density at radius 1 is 1.13 bits per heavy atom. The van der Waals surface area contributed by atoms with E-state index in [2.05, 4.69) is 17.2 Å². The number of nitrogens with one attached hydrogen (secondary N) is 1. The molecule has 1 N–H and O–H groups in total. The Balaban J connectivity index is 1.67. The molecule has 6 heteroatoms. The Kier molecular flexibility index (Phi) is 5.48. The number of fused-ring (bicyclic) bond motifs is 2. The van der Waals surface area contributed by atoms with Crippen molar-refractivity contribution in [3.63, 3.8) is 0 Å². The van der Waals surface area contributed by atoms with E-state index in [9.17, 15) is 9.59 Å². The molecule has 1 amide bonds. The number of anilines is 1.